The zero-order chi connectivity index (χ0) is 16.2. The van der Waals surface area contributed by atoms with E-state index in [0.717, 1.165) is 22.0 Å². The number of aryl methyl sites for hydroxylation is 1. The van der Waals surface area contributed by atoms with Gasteiger partial charge in [0.15, 0.2) is 0 Å². The quantitative estimate of drug-likeness (QED) is 0.655. The Kier molecular flexibility index (Phi) is 4.44. The van der Waals surface area contributed by atoms with E-state index in [1.54, 1.807) is 0 Å². The van der Waals surface area contributed by atoms with Crippen molar-refractivity contribution in [2.45, 2.75) is 25.9 Å². The molecule has 0 saturated heterocycles. The number of aromatic amines is 1. The van der Waals surface area contributed by atoms with E-state index in [4.69, 9.17) is 0 Å². The summed E-state index contributed by atoms with van der Waals surface area (Å²) in [6, 6.07) is 15.4. The molecule has 0 bridgehead atoms. The average Bonchev–Trinajstić information content (AvgIpc) is 2.96. The van der Waals surface area contributed by atoms with Crippen molar-refractivity contribution in [1.82, 2.24) is 10.3 Å². The Labute approximate surface area is 135 Å². The number of aromatic nitrogens is 1. The topological polar surface area (TPSA) is 65.1 Å². The lowest BCUT2D eigenvalue weighted by atomic mass is 10.0. The number of benzene rings is 2. The molecular formula is C19H20N2O2. The van der Waals surface area contributed by atoms with Crippen LogP contribution in [-0.4, -0.2) is 22.1 Å². The van der Waals surface area contributed by atoms with E-state index < -0.39 is 12.0 Å². The zero-order valence-electron chi connectivity index (χ0n) is 13.0. The van der Waals surface area contributed by atoms with Crippen LogP contribution in [0.4, 0.5) is 0 Å². The van der Waals surface area contributed by atoms with Crippen molar-refractivity contribution in [2.75, 3.05) is 0 Å². The van der Waals surface area contributed by atoms with Gasteiger partial charge in [0.25, 0.3) is 0 Å². The van der Waals surface area contributed by atoms with Gasteiger partial charge in [0.05, 0.1) is 0 Å². The highest BCUT2D eigenvalue weighted by atomic mass is 16.4. The fourth-order valence-electron chi connectivity index (χ4n) is 2.71. The second kappa shape index (κ2) is 6.67. The molecule has 0 aliphatic heterocycles. The molecule has 0 fully saturated rings. The fraction of sp³-hybridized carbons (Fsp3) is 0.211. The molecule has 118 valence electrons. The van der Waals surface area contributed by atoms with Crippen LogP contribution < -0.4 is 5.32 Å². The standard InChI is InChI=1S/C19H20N2O2/c1-13-6-8-14(9-7-13)11-20-18(19(22)23)10-15-12-21-17-5-3-2-4-16(15)17/h2-9,12,18,20-21H,10-11H2,1H3,(H,22,23)/t18-/m0/s1. The Bertz CT molecular complexity index is 806. The summed E-state index contributed by atoms with van der Waals surface area (Å²) in [5.74, 6) is -0.831. The second-order valence-corrected chi connectivity index (χ2v) is 5.82. The van der Waals surface area contributed by atoms with E-state index in [9.17, 15) is 9.90 Å². The maximum atomic E-state index is 11.6. The van der Waals surface area contributed by atoms with Gasteiger partial charge in [-0.15, -0.1) is 0 Å². The molecule has 0 amide bonds. The van der Waals surface area contributed by atoms with Gasteiger partial charge in [0, 0.05) is 30.1 Å². The summed E-state index contributed by atoms with van der Waals surface area (Å²) < 4.78 is 0. The molecule has 0 unspecified atom stereocenters. The van der Waals surface area contributed by atoms with Crippen LogP contribution in [0.3, 0.4) is 0 Å². The number of fused-ring (bicyclic) bond motifs is 1. The van der Waals surface area contributed by atoms with Crippen molar-refractivity contribution in [3.63, 3.8) is 0 Å². The minimum absolute atomic E-state index is 0.450. The van der Waals surface area contributed by atoms with Gasteiger partial charge in [-0.1, -0.05) is 48.0 Å². The number of carboxylic acids is 1. The van der Waals surface area contributed by atoms with E-state index in [0.29, 0.717) is 13.0 Å². The molecule has 0 aliphatic carbocycles. The van der Waals surface area contributed by atoms with E-state index in [-0.39, 0.29) is 0 Å². The minimum Gasteiger partial charge on any atom is -0.480 e. The average molecular weight is 308 g/mol. The van der Waals surface area contributed by atoms with Gasteiger partial charge in [-0.3, -0.25) is 4.79 Å². The van der Waals surface area contributed by atoms with Crippen molar-refractivity contribution in [1.29, 1.82) is 0 Å². The first-order chi connectivity index (χ1) is 11.1. The Hall–Kier alpha value is -2.59. The highest BCUT2D eigenvalue weighted by Gasteiger charge is 2.19. The summed E-state index contributed by atoms with van der Waals surface area (Å²) in [4.78, 5) is 14.8. The maximum absolute atomic E-state index is 11.6. The lowest BCUT2D eigenvalue weighted by Crippen LogP contribution is -2.38. The van der Waals surface area contributed by atoms with Crippen LogP contribution in [-0.2, 0) is 17.8 Å². The van der Waals surface area contributed by atoms with Crippen molar-refractivity contribution in [3.8, 4) is 0 Å². The number of rotatable bonds is 6. The van der Waals surface area contributed by atoms with Gasteiger partial charge >= 0.3 is 5.97 Å². The number of hydrogen-bond acceptors (Lipinski definition) is 2. The van der Waals surface area contributed by atoms with Gasteiger partial charge in [0.2, 0.25) is 0 Å². The number of carboxylic acid groups (broad SMARTS) is 1. The highest BCUT2D eigenvalue weighted by Crippen LogP contribution is 2.19. The number of carbonyl (C=O) groups is 1. The van der Waals surface area contributed by atoms with Crippen LogP contribution >= 0.6 is 0 Å². The van der Waals surface area contributed by atoms with Crippen molar-refractivity contribution in [2.24, 2.45) is 0 Å². The monoisotopic (exact) mass is 308 g/mol. The Balaban J connectivity index is 1.71. The number of nitrogens with one attached hydrogen (secondary N) is 2. The first kappa shape index (κ1) is 15.3. The number of hydrogen-bond donors (Lipinski definition) is 3. The van der Waals surface area contributed by atoms with Gasteiger partial charge in [0.1, 0.15) is 6.04 Å². The Morgan fingerprint density at radius 2 is 1.91 bits per heavy atom. The van der Waals surface area contributed by atoms with Crippen molar-refractivity contribution < 1.29 is 9.90 Å². The van der Waals surface area contributed by atoms with E-state index >= 15 is 0 Å². The van der Waals surface area contributed by atoms with Crippen LogP contribution in [0.1, 0.15) is 16.7 Å². The predicted octanol–water partition coefficient (Wildman–Crippen LogP) is 3.26. The SMILES string of the molecule is Cc1ccc(CN[C@@H](Cc2c[nH]c3ccccc23)C(=O)O)cc1. The molecule has 0 saturated carbocycles. The van der Waals surface area contributed by atoms with Crippen LogP contribution in [0.25, 0.3) is 10.9 Å². The summed E-state index contributed by atoms with van der Waals surface area (Å²) in [7, 11) is 0. The van der Waals surface area contributed by atoms with Gasteiger partial charge < -0.3 is 15.4 Å². The normalized spacial score (nSPS) is 12.4. The highest BCUT2D eigenvalue weighted by molar-refractivity contribution is 5.84. The fourth-order valence-corrected chi connectivity index (χ4v) is 2.71. The van der Waals surface area contributed by atoms with E-state index in [2.05, 4.69) is 10.3 Å². The molecule has 3 aromatic rings. The molecule has 3 N–H and O–H groups in total. The molecule has 3 rings (SSSR count). The van der Waals surface area contributed by atoms with Crippen LogP contribution in [0, 0.1) is 6.92 Å². The number of H-pyrrole nitrogens is 1. The molecule has 1 heterocycles. The number of aliphatic carboxylic acids is 1. The smallest absolute Gasteiger partial charge is 0.321 e. The molecule has 4 nitrogen and oxygen atoms in total. The first-order valence-electron chi connectivity index (χ1n) is 7.70. The maximum Gasteiger partial charge on any atom is 0.321 e. The lowest BCUT2D eigenvalue weighted by Gasteiger charge is -2.14. The Morgan fingerprint density at radius 1 is 1.17 bits per heavy atom. The predicted molar refractivity (Wildman–Crippen MR) is 91.4 cm³/mol. The van der Waals surface area contributed by atoms with Gasteiger partial charge in [-0.2, -0.15) is 0 Å². The van der Waals surface area contributed by atoms with Gasteiger partial charge in [-0.25, -0.2) is 0 Å². The van der Waals surface area contributed by atoms with Crippen LogP contribution in [0.5, 0.6) is 0 Å². The minimum atomic E-state index is -0.831. The molecule has 0 radical (unpaired) electrons. The summed E-state index contributed by atoms with van der Waals surface area (Å²) >= 11 is 0. The van der Waals surface area contributed by atoms with Crippen molar-refractivity contribution in [3.05, 3.63) is 71.4 Å². The van der Waals surface area contributed by atoms with Gasteiger partial charge in [-0.05, 0) is 24.1 Å². The first-order valence-corrected chi connectivity index (χ1v) is 7.70. The zero-order valence-corrected chi connectivity index (χ0v) is 13.0. The summed E-state index contributed by atoms with van der Waals surface area (Å²) in [5.41, 5.74) is 4.33. The molecule has 0 spiro atoms. The molecule has 4 heteroatoms. The summed E-state index contributed by atoms with van der Waals surface area (Å²) in [6.07, 6.45) is 2.35. The molecule has 1 atom stereocenters. The molecule has 2 aromatic carbocycles. The van der Waals surface area contributed by atoms with E-state index in [1.165, 1.54) is 5.56 Å². The third-order valence-electron chi connectivity index (χ3n) is 4.07. The molecule has 23 heavy (non-hydrogen) atoms. The molecular weight excluding hydrogens is 288 g/mol. The summed E-state index contributed by atoms with van der Waals surface area (Å²) in [5, 5.41) is 13.7. The second-order valence-electron chi connectivity index (χ2n) is 5.82. The van der Waals surface area contributed by atoms with E-state index in [1.807, 2.05) is 61.7 Å². The Morgan fingerprint density at radius 3 is 2.65 bits per heavy atom. The lowest BCUT2D eigenvalue weighted by molar-refractivity contribution is -0.139. The largest absolute Gasteiger partial charge is 0.480 e. The third-order valence-corrected chi connectivity index (χ3v) is 4.07. The van der Waals surface area contributed by atoms with Crippen LogP contribution in [0.15, 0.2) is 54.7 Å². The third kappa shape index (κ3) is 3.60. The van der Waals surface area contributed by atoms with Crippen molar-refractivity contribution >= 4 is 16.9 Å². The summed E-state index contributed by atoms with van der Waals surface area (Å²) in [6.45, 7) is 2.58. The molecule has 0 aliphatic rings. The number of para-hydroxylation sites is 1. The molecule has 1 aromatic heterocycles. The van der Waals surface area contributed by atoms with Crippen LogP contribution in [0.2, 0.25) is 0 Å².